The lowest BCUT2D eigenvalue weighted by atomic mass is 10.00. The third-order valence-electron chi connectivity index (χ3n) is 5.53. The number of hydrogen-bond acceptors (Lipinski definition) is 10. The van der Waals surface area contributed by atoms with E-state index in [9.17, 15) is 23.7 Å². The number of hydrogen-bond donors (Lipinski definition) is 2. The molecule has 1 aromatic heterocycles. The summed E-state index contributed by atoms with van der Waals surface area (Å²) < 4.78 is 37.2. The third-order valence-corrected chi connectivity index (χ3v) is 8.52. The monoisotopic (exact) mass is 577 g/mol. The first-order valence-corrected chi connectivity index (χ1v) is 15.2. The molecule has 1 unspecified atom stereocenters. The molecule has 216 valence electrons. The summed E-state index contributed by atoms with van der Waals surface area (Å²) >= 11 is 1.07. The molecule has 1 fully saturated rings. The molecule has 0 saturated carbocycles. The normalized spacial score (nSPS) is 22.3. The maximum Gasteiger partial charge on any atom is 0.406 e. The van der Waals surface area contributed by atoms with E-state index in [1.54, 1.807) is 13.8 Å². The van der Waals surface area contributed by atoms with Gasteiger partial charge in [-0.3, -0.25) is 33.0 Å². The summed E-state index contributed by atoms with van der Waals surface area (Å²) in [4.78, 5) is 50.1. The van der Waals surface area contributed by atoms with E-state index in [-0.39, 0.29) is 42.2 Å². The molecule has 0 bridgehead atoms. The maximum atomic E-state index is 13.5. The van der Waals surface area contributed by atoms with E-state index >= 15 is 0 Å². The maximum absolute atomic E-state index is 13.5. The van der Waals surface area contributed by atoms with Gasteiger partial charge in [-0.1, -0.05) is 39.5 Å². The van der Waals surface area contributed by atoms with Crippen LogP contribution in [-0.4, -0.2) is 57.9 Å². The molecule has 0 amide bonds. The van der Waals surface area contributed by atoms with Crippen LogP contribution in [0.3, 0.4) is 0 Å². The molecule has 2 heterocycles. The van der Waals surface area contributed by atoms with Gasteiger partial charge in [0.1, 0.15) is 12.3 Å². The van der Waals surface area contributed by atoms with Crippen molar-refractivity contribution in [2.75, 3.05) is 19.0 Å². The van der Waals surface area contributed by atoms with Crippen LogP contribution in [0.25, 0.3) is 0 Å². The zero-order valence-corrected chi connectivity index (χ0v) is 24.8. The van der Waals surface area contributed by atoms with Crippen LogP contribution in [0.15, 0.2) is 21.9 Å². The molecule has 14 heteroatoms. The second kappa shape index (κ2) is 14.0. The molecule has 0 aliphatic carbocycles. The van der Waals surface area contributed by atoms with Crippen molar-refractivity contribution in [2.24, 2.45) is 11.3 Å². The molecular weight excluding hydrogens is 537 g/mol. The van der Waals surface area contributed by atoms with Gasteiger partial charge in [0.25, 0.3) is 5.56 Å². The zero-order valence-electron chi connectivity index (χ0n) is 23.1. The minimum Gasteiger partial charge on any atom is -0.462 e. The first-order chi connectivity index (χ1) is 17.6. The standard InChI is InChI=1S/C24H40N3O9PS/c1-15(2)35-21(29)17(4)26-37(32,34-12-13-38-22(30)24(5,6)7)33-11-9-18-14-16(3)20(36-18)27-10-8-19(28)25-23(27)31/h8,10,15-18,20H,9,11-14H2,1-7H3,(H,26,32)(H,25,28,31)/t16-,17-,18+,20+,37?/m0/s1. The highest BCUT2D eigenvalue weighted by molar-refractivity contribution is 8.13. The fourth-order valence-corrected chi connectivity index (χ4v) is 6.01. The van der Waals surface area contributed by atoms with Gasteiger partial charge in [0, 0.05) is 29.3 Å². The van der Waals surface area contributed by atoms with Crippen LogP contribution in [0.2, 0.25) is 0 Å². The Balaban J connectivity index is 1.98. The Morgan fingerprint density at radius 1 is 1.24 bits per heavy atom. The van der Waals surface area contributed by atoms with Crippen molar-refractivity contribution in [1.29, 1.82) is 0 Å². The largest absolute Gasteiger partial charge is 0.462 e. The summed E-state index contributed by atoms with van der Waals surface area (Å²) in [6, 6.07) is 0.290. The topological polar surface area (TPSA) is 155 Å². The van der Waals surface area contributed by atoms with Gasteiger partial charge in [-0.25, -0.2) is 14.4 Å². The lowest BCUT2D eigenvalue weighted by Crippen LogP contribution is -2.36. The Kier molecular flexibility index (Phi) is 12.0. The number of carbonyl (C=O) groups excluding carboxylic acids is 2. The van der Waals surface area contributed by atoms with E-state index in [0.717, 1.165) is 11.8 Å². The summed E-state index contributed by atoms with van der Waals surface area (Å²) in [5, 5.41) is 2.60. The van der Waals surface area contributed by atoms with E-state index in [4.69, 9.17) is 18.5 Å². The first-order valence-electron chi connectivity index (χ1n) is 12.6. The third kappa shape index (κ3) is 10.1. The summed E-state index contributed by atoms with van der Waals surface area (Å²) in [5.41, 5.74) is -1.56. The fraction of sp³-hybridized carbons (Fsp3) is 0.750. The highest BCUT2D eigenvalue weighted by Gasteiger charge is 2.36. The number of aromatic nitrogens is 2. The van der Waals surface area contributed by atoms with Crippen LogP contribution in [0.4, 0.5) is 0 Å². The Labute approximate surface area is 227 Å². The molecule has 1 saturated heterocycles. The summed E-state index contributed by atoms with van der Waals surface area (Å²) in [5.74, 6) is -0.366. The summed E-state index contributed by atoms with van der Waals surface area (Å²) in [7, 11) is -3.96. The van der Waals surface area contributed by atoms with Crippen LogP contribution in [-0.2, 0) is 32.7 Å². The summed E-state index contributed by atoms with van der Waals surface area (Å²) in [6.45, 7) is 12.2. The average Bonchev–Trinajstić information content (AvgIpc) is 3.15. The molecule has 1 aromatic rings. The van der Waals surface area contributed by atoms with Crippen molar-refractivity contribution in [3.63, 3.8) is 0 Å². The van der Waals surface area contributed by atoms with E-state index in [2.05, 4.69) is 10.1 Å². The number of carbonyl (C=O) groups is 2. The lowest BCUT2D eigenvalue weighted by molar-refractivity contribution is -0.149. The van der Waals surface area contributed by atoms with Gasteiger partial charge in [0.2, 0.25) is 0 Å². The average molecular weight is 578 g/mol. The van der Waals surface area contributed by atoms with Crippen molar-refractivity contribution in [3.8, 4) is 0 Å². The second-order valence-electron chi connectivity index (χ2n) is 10.6. The molecule has 1 aliphatic rings. The molecule has 12 nitrogen and oxygen atoms in total. The lowest BCUT2D eigenvalue weighted by Gasteiger charge is -2.24. The quantitative estimate of drug-likeness (QED) is 0.202. The molecule has 5 atom stereocenters. The number of rotatable bonds is 13. The molecule has 1 aliphatic heterocycles. The number of aromatic amines is 1. The van der Waals surface area contributed by atoms with Gasteiger partial charge in [0.15, 0.2) is 5.12 Å². The van der Waals surface area contributed by atoms with Gasteiger partial charge in [0.05, 0.1) is 25.4 Å². The molecular formula is C24H40N3O9PS. The van der Waals surface area contributed by atoms with Crippen molar-refractivity contribution in [1.82, 2.24) is 14.6 Å². The van der Waals surface area contributed by atoms with E-state index < -0.39 is 42.6 Å². The Hall–Kier alpha value is -1.76. The molecule has 0 radical (unpaired) electrons. The molecule has 2 N–H and O–H groups in total. The highest BCUT2D eigenvalue weighted by Crippen LogP contribution is 2.45. The van der Waals surface area contributed by atoms with Gasteiger partial charge in [-0.15, -0.1) is 0 Å². The van der Waals surface area contributed by atoms with Crippen LogP contribution in [0.5, 0.6) is 0 Å². The van der Waals surface area contributed by atoms with Crippen LogP contribution in [0.1, 0.15) is 67.5 Å². The number of esters is 1. The van der Waals surface area contributed by atoms with Crippen LogP contribution in [0, 0.1) is 11.3 Å². The minimum atomic E-state index is -3.96. The van der Waals surface area contributed by atoms with Crippen LogP contribution >= 0.6 is 19.5 Å². The molecule has 0 aromatic carbocycles. The number of H-pyrrole nitrogens is 1. The number of nitrogens with zero attached hydrogens (tertiary/aromatic N) is 1. The zero-order chi connectivity index (χ0) is 28.7. The minimum absolute atomic E-state index is 0.0189. The van der Waals surface area contributed by atoms with Crippen molar-refractivity contribution < 1.29 is 32.7 Å². The van der Waals surface area contributed by atoms with Gasteiger partial charge < -0.3 is 9.47 Å². The number of ether oxygens (including phenoxy) is 2. The SMILES string of the molecule is CC(C)OC(=O)[C@H](C)NP(=O)(OCCSC(=O)C(C)(C)C)OCC[C@@H]1C[C@H](C)[C@H](n2ccc(=O)[nH]c2=O)O1. The smallest absolute Gasteiger partial charge is 0.406 e. The van der Waals surface area contributed by atoms with Gasteiger partial charge >= 0.3 is 19.4 Å². The number of thioether (sulfide) groups is 1. The molecule has 2 rings (SSSR count). The van der Waals surface area contributed by atoms with Crippen molar-refractivity contribution in [3.05, 3.63) is 33.1 Å². The fourth-order valence-electron chi connectivity index (χ4n) is 3.62. The Morgan fingerprint density at radius 3 is 2.50 bits per heavy atom. The second-order valence-corrected chi connectivity index (χ2v) is 13.4. The van der Waals surface area contributed by atoms with E-state index in [0.29, 0.717) is 12.8 Å². The first kappa shape index (κ1) is 32.5. The number of nitrogens with one attached hydrogen (secondary N) is 2. The van der Waals surface area contributed by atoms with Gasteiger partial charge in [-0.2, -0.15) is 0 Å². The molecule has 38 heavy (non-hydrogen) atoms. The molecule has 0 spiro atoms. The Bertz CT molecular complexity index is 1110. The van der Waals surface area contributed by atoms with Crippen molar-refractivity contribution >= 4 is 30.6 Å². The van der Waals surface area contributed by atoms with Crippen LogP contribution < -0.4 is 16.3 Å². The summed E-state index contributed by atoms with van der Waals surface area (Å²) in [6.07, 6.45) is 1.14. The Morgan fingerprint density at radius 2 is 1.89 bits per heavy atom. The van der Waals surface area contributed by atoms with Crippen molar-refractivity contribution in [2.45, 2.75) is 85.8 Å². The van der Waals surface area contributed by atoms with E-state index in [1.165, 1.54) is 23.8 Å². The predicted octanol–water partition coefficient (Wildman–Crippen LogP) is 3.23. The van der Waals surface area contributed by atoms with Gasteiger partial charge in [-0.05, 0) is 33.6 Å². The highest BCUT2D eigenvalue weighted by atomic mass is 32.2. The van der Waals surface area contributed by atoms with E-state index in [1.807, 2.05) is 27.7 Å². The predicted molar refractivity (Wildman–Crippen MR) is 144 cm³/mol.